The monoisotopic (exact) mass is 217 g/mol. The highest BCUT2D eigenvalue weighted by Crippen LogP contribution is 2.10. The van der Waals surface area contributed by atoms with E-state index in [1.165, 1.54) is 5.49 Å². The zero-order valence-corrected chi connectivity index (χ0v) is 9.21. The Morgan fingerprint density at radius 3 is 2.50 bits per heavy atom. The first-order valence-corrected chi connectivity index (χ1v) is 4.81. The molecule has 4 nitrogen and oxygen atoms in total. The van der Waals surface area contributed by atoms with Crippen molar-refractivity contribution in [2.24, 2.45) is 0 Å². The van der Waals surface area contributed by atoms with Gasteiger partial charge in [0.15, 0.2) is 0 Å². The second-order valence-corrected chi connectivity index (χ2v) is 3.78. The van der Waals surface area contributed by atoms with Crippen LogP contribution in [0.2, 0.25) is 0 Å². The molecule has 0 heterocycles. The minimum Gasteiger partial charge on any atom is -0.481 e. The molecule has 80 valence electrons. The lowest BCUT2D eigenvalue weighted by molar-refractivity contribution is -0.137. The number of thiocarbonyl (C=S) groups is 1. The van der Waals surface area contributed by atoms with E-state index in [9.17, 15) is 9.59 Å². The molecular formula is C9H15NO3S. The van der Waals surface area contributed by atoms with Crippen LogP contribution >= 0.6 is 12.2 Å². The van der Waals surface area contributed by atoms with Crippen LogP contribution < -0.4 is 0 Å². The van der Waals surface area contributed by atoms with Gasteiger partial charge >= 0.3 is 5.97 Å². The van der Waals surface area contributed by atoms with Crippen LogP contribution in [-0.2, 0) is 9.59 Å². The summed E-state index contributed by atoms with van der Waals surface area (Å²) < 4.78 is 0. The van der Waals surface area contributed by atoms with Crippen LogP contribution in [0.15, 0.2) is 0 Å². The number of rotatable bonds is 7. The van der Waals surface area contributed by atoms with Crippen molar-refractivity contribution in [1.29, 1.82) is 0 Å². The van der Waals surface area contributed by atoms with E-state index in [-0.39, 0.29) is 6.42 Å². The minimum absolute atomic E-state index is 0.0919. The van der Waals surface area contributed by atoms with Crippen molar-refractivity contribution in [3.63, 3.8) is 0 Å². The first-order valence-electron chi connectivity index (χ1n) is 4.34. The predicted molar refractivity (Wildman–Crippen MR) is 57.4 cm³/mol. The molecule has 0 aliphatic rings. The molecule has 1 N–H and O–H groups in total. The van der Waals surface area contributed by atoms with E-state index in [1.54, 1.807) is 18.7 Å². The molecule has 0 fully saturated rings. The number of aldehydes is 1. The van der Waals surface area contributed by atoms with Gasteiger partial charge in [-0.15, -0.1) is 0 Å². The SMILES string of the molecule is CC(C)(C=O)N(C=S)CCCC(=O)O. The fourth-order valence-electron chi connectivity index (χ4n) is 0.945. The third kappa shape index (κ3) is 4.32. The van der Waals surface area contributed by atoms with Gasteiger partial charge in [0.1, 0.15) is 6.29 Å². The summed E-state index contributed by atoms with van der Waals surface area (Å²) in [6.45, 7) is 3.97. The Labute approximate surface area is 88.9 Å². The summed E-state index contributed by atoms with van der Waals surface area (Å²) in [6.07, 6.45) is 1.38. The van der Waals surface area contributed by atoms with Gasteiger partial charge in [-0.2, -0.15) is 0 Å². The average Bonchev–Trinajstić information content (AvgIpc) is 2.11. The Hall–Kier alpha value is -0.970. The number of carboxylic acid groups (broad SMARTS) is 1. The van der Waals surface area contributed by atoms with E-state index in [2.05, 4.69) is 0 Å². The molecule has 14 heavy (non-hydrogen) atoms. The summed E-state index contributed by atoms with van der Waals surface area (Å²) in [6, 6.07) is 0. The lowest BCUT2D eigenvalue weighted by Gasteiger charge is -2.31. The number of carbonyl (C=O) groups excluding carboxylic acids is 1. The second kappa shape index (κ2) is 5.70. The molecule has 0 bridgehead atoms. The highest BCUT2D eigenvalue weighted by molar-refractivity contribution is 7.78. The molecule has 0 aromatic carbocycles. The lowest BCUT2D eigenvalue weighted by atomic mass is 10.1. The molecule has 0 saturated carbocycles. The summed E-state index contributed by atoms with van der Waals surface area (Å²) in [5.41, 5.74) is 0.747. The number of carbonyl (C=O) groups is 2. The summed E-state index contributed by atoms with van der Waals surface area (Å²) in [4.78, 5) is 22.6. The molecule has 0 aliphatic carbocycles. The van der Waals surface area contributed by atoms with Crippen LogP contribution in [0.3, 0.4) is 0 Å². The molecule has 0 aromatic heterocycles. The van der Waals surface area contributed by atoms with Gasteiger partial charge in [-0.25, -0.2) is 0 Å². The van der Waals surface area contributed by atoms with Crippen molar-refractivity contribution < 1.29 is 14.7 Å². The largest absolute Gasteiger partial charge is 0.481 e. The number of carboxylic acids is 1. The Balaban J connectivity index is 4.10. The topological polar surface area (TPSA) is 57.6 Å². The van der Waals surface area contributed by atoms with Crippen LogP contribution in [0.5, 0.6) is 0 Å². The average molecular weight is 217 g/mol. The standard InChI is InChI=1S/C9H15NO3S/c1-9(2,6-11)10(7-14)5-3-4-8(12)13/h6-7H,3-5H2,1-2H3,(H,12,13). The van der Waals surface area contributed by atoms with E-state index >= 15 is 0 Å². The van der Waals surface area contributed by atoms with E-state index in [0.717, 1.165) is 6.29 Å². The molecular weight excluding hydrogens is 202 g/mol. The highest BCUT2D eigenvalue weighted by atomic mass is 32.1. The molecule has 0 radical (unpaired) electrons. The normalized spacial score (nSPS) is 10.7. The number of nitrogens with zero attached hydrogens (tertiary/aromatic N) is 1. The van der Waals surface area contributed by atoms with Crippen molar-refractivity contribution in [2.75, 3.05) is 6.54 Å². The molecule has 0 unspecified atom stereocenters. The first-order chi connectivity index (χ1) is 6.44. The van der Waals surface area contributed by atoms with E-state index < -0.39 is 11.5 Å². The molecule has 0 rings (SSSR count). The molecule has 0 atom stereocenters. The zero-order valence-electron chi connectivity index (χ0n) is 8.40. The van der Waals surface area contributed by atoms with Gasteiger partial charge in [-0.3, -0.25) is 4.79 Å². The molecule has 0 aliphatic heterocycles. The van der Waals surface area contributed by atoms with Gasteiger partial charge in [-0.1, -0.05) is 12.2 Å². The Bertz CT molecular complexity index is 228. The van der Waals surface area contributed by atoms with E-state index in [4.69, 9.17) is 17.3 Å². The van der Waals surface area contributed by atoms with E-state index in [0.29, 0.717) is 13.0 Å². The third-order valence-corrected chi connectivity index (χ3v) is 2.20. The highest BCUT2D eigenvalue weighted by Gasteiger charge is 2.22. The lowest BCUT2D eigenvalue weighted by Crippen LogP contribution is -2.44. The van der Waals surface area contributed by atoms with Gasteiger partial charge in [0.2, 0.25) is 0 Å². The van der Waals surface area contributed by atoms with Gasteiger partial charge in [0.25, 0.3) is 0 Å². The van der Waals surface area contributed by atoms with Crippen molar-refractivity contribution in [2.45, 2.75) is 32.2 Å². The van der Waals surface area contributed by atoms with Gasteiger partial charge in [0.05, 0.1) is 11.0 Å². The summed E-state index contributed by atoms with van der Waals surface area (Å²) in [5, 5.41) is 8.43. The van der Waals surface area contributed by atoms with E-state index in [1.807, 2.05) is 0 Å². The summed E-state index contributed by atoms with van der Waals surface area (Å²) >= 11 is 4.76. The Kier molecular flexibility index (Phi) is 5.30. The molecule has 0 spiro atoms. The van der Waals surface area contributed by atoms with Crippen LogP contribution in [0, 0.1) is 0 Å². The Morgan fingerprint density at radius 2 is 2.14 bits per heavy atom. The fourth-order valence-corrected chi connectivity index (χ4v) is 1.32. The van der Waals surface area contributed by atoms with Crippen molar-refractivity contribution in [1.82, 2.24) is 4.90 Å². The quantitative estimate of drug-likeness (QED) is 0.511. The van der Waals surface area contributed by atoms with Crippen molar-refractivity contribution >= 4 is 30.0 Å². The Morgan fingerprint density at radius 1 is 1.57 bits per heavy atom. The third-order valence-electron chi connectivity index (χ3n) is 1.95. The molecule has 0 saturated heterocycles. The van der Waals surface area contributed by atoms with Crippen molar-refractivity contribution in [3.05, 3.63) is 0 Å². The van der Waals surface area contributed by atoms with Gasteiger partial charge in [-0.05, 0) is 20.3 Å². The van der Waals surface area contributed by atoms with Gasteiger partial charge in [0, 0.05) is 13.0 Å². The zero-order chi connectivity index (χ0) is 11.2. The molecule has 0 aromatic rings. The smallest absolute Gasteiger partial charge is 0.303 e. The molecule has 0 amide bonds. The maximum atomic E-state index is 10.7. The second-order valence-electron chi connectivity index (χ2n) is 3.57. The number of hydrogen-bond donors (Lipinski definition) is 1. The van der Waals surface area contributed by atoms with Crippen LogP contribution in [0.4, 0.5) is 0 Å². The maximum Gasteiger partial charge on any atom is 0.303 e. The number of hydrogen-bond acceptors (Lipinski definition) is 3. The van der Waals surface area contributed by atoms with Crippen molar-refractivity contribution in [3.8, 4) is 0 Å². The number of aliphatic carboxylic acids is 1. The summed E-state index contributed by atoms with van der Waals surface area (Å²) in [5.74, 6) is -0.835. The van der Waals surface area contributed by atoms with Crippen LogP contribution in [0.1, 0.15) is 26.7 Å². The first kappa shape index (κ1) is 13.0. The fraction of sp³-hybridized carbons (Fsp3) is 0.667. The molecule has 5 heteroatoms. The summed E-state index contributed by atoms with van der Waals surface area (Å²) in [7, 11) is 0. The van der Waals surface area contributed by atoms with Crippen LogP contribution in [-0.4, -0.2) is 39.8 Å². The van der Waals surface area contributed by atoms with Gasteiger partial charge < -0.3 is 14.8 Å². The van der Waals surface area contributed by atoms with Crippen LogP contribution in [0.25, 0.3) is 0 Å². The minimum atomic E-state index is -0.835. The predicted octanol–water partition coefficient (Wildman–Crippen LogP) is 1.09. The maximum absolute atomic E-state index is 10.7.